The number of thiophene rings is 1. The molecular formula is C18H19BN4S. The minimum atomic E-state index is 0.582. The van der Waals surface area contributed by atoms with Crippen molar-refractivity contribution in [2.75, 3.05) is 11.9 Å². The molecule has 1 aromatic carbocycles. The predicted octanol–water partition coefficient (Wildman–Crippen LogP) is 3.24. The lowest BCUT2D eigenvalue weighted by atomic mass is 10.1. The van der Waals surface area contributed by atoms with E-state index in [1.165, 1.54) is 16.9 Å². The molecule has 24 heavy (non-hydrogen) atoms. The molecule has 0 spiro atoms. The van der Waals surface area contributed by atoms with Gasteiger partial charge in [-0.1, -0.05) is 25.1 Å². The van der Waals surface area contributed by atoms with Crippen LogP contribution in [0.25, 0.3) is 10.6 Å². The van der Waals surface area contributed by atoms with E-state index in [1.807, 2.05) is 30.3 Å². The van der Waals surface area contributed by atoms with Gasteiger partial charge in [0.25, 0.3) is 0 Å². The van der Waals surface area contributed by atoms with Crippen LogP contribution in [0.5, 0.6) is 0 Å². The Hall–Kier alpha value is -2.18. The van der Waals surface area contributed by atoms with Crippen molar-refractivity contribution >= 4 is 35.6 Å². The maximum Gasteiger partial charge on any atom is 0.227 e. The fraction of sp³-hybridized carbons (Fsp3) is 0.222. The van der Waals surface area contributed by atoms with E-state index < -0.39 is 0 Å². The van der Waals surface area contributed by atoms with E-state index in [1.54, 1.807) is 6.20 Å². The van der Waals surface area contributed by atoms with Gasteiger partial charge in [0.05, 0.1) is 10.6 Å². The number of benzene rings is 1. The Morgan fingerprint density at radius 2 is 2.08 bits per heavy atom. The Kier molecular flexibility index (Phi) is 5.61. The van der Waals surface area contributed by atoms with E-state index in [2.05, 4.69) is 39.7 Å². The second-order valence-corrected chi connectivity index (χ2v) is 6.59. The number of anilines is 2. The van der Waals surface area contributed by atoms with Crippen LogP contribution in [0.15, 0.2) is 48.7 Å². The molecule has 0 fully saturated rings. The summed E-state index contributed by atoms with van der Waals surface area (Å²) in [4.78, 5) is 9.92. The Morgan fingerprint density at radius 1 is 1.17 bits per heavy atom. The van der Waals surface area contributed by atoms with Crippen molar-refractivity contribution in [3.8, 4) is 10.6 Å². The van der Waals surface area contributed by atoms with E-state index in [0.29, 0.717) is 5.95 Å². The fourth-order valence-electron chi connectivity index (χ4n) is 2.34. The molecule has 0 atom stereocenters. The van der Waals surface area contributed by atoms with Crippen LogP contribution in [0, 0.1) is 0 Å². The van der Waals surface area contributed by atoms with Crippen LogP contribution in [0.3, 0.4) is 0 Å². The number of nitrogens with one attached hydrogen (secondary N) is 2. The van der Waals surface area contributed by atoms with Crippen molar-refractivity contribution in [2.24, 2.45) is 0 Å². The van der Waals surface area contributed by atoms with Crippen LogP contribution in [0.2, 0.25) is 0 Å². The van der Waals surface area contributed by atoms with Gasteiger partial charge in [-0.2, -0.15) is 11.3 Å². The molecule has 2 aromatic heterocycles. The molecular weight excluding hydrogens is 315 g/mol. The Bertz CT molecular complexity index is 803. The molecule has 2 heterocycles. The lowest BCUT2D eigenvalue weighted by Gasteiger charge is -2.08. The van der Waals surface area contributed by atoms with Crippen molar-refractivity contribution in [3.63, 3.8) is 0 Å². The van der Waals surface area contributed by atoms with Gasteiger partial charge in [-0.25, -0.2) is 9.97 Å². The van der Waals surface area contributed by atoms with Crippen molar-refractivity contribution in [2.45, 2.75) is 19.9 Å². The largest absolute Gasteiger partial charge is 0.324 e. The van der Waals surface area contributed by atoms with Gasteiger partial charge < -0.3 is 10.6 Å². The minimum absolute atomic E-state index is 0.582. The molecule has 3 aromatic rings. The molecule has 2 N–H and O–H groups in total. The molecule has 0 aliphatic carbocycles. The normalized spacial score (nSPS) is 10.7. The zero-order chi connectivity index (χ0) is 16.8. The zero-order valence-corrected chi connectivity index (χ0v) is 14.4. The number of aromatic nitrogens is 2. The molecule has 0 aliphatic heterocycles. The van der Waals surface area contributed by atoms with Gasteiger partial charge in [0.15, 0.2) is 0 Å². The van der Waals surface area contributed by atoms with Crippen LogP contribution in [-0.2, 0) is 6.54 Å². The van der Waals surface area contributed by atoms with Gasteiger partial charge in [0, 0.05) is 18.4 Å². The molecule has 0 amide bonds. The van der Waals surface area contributed by atoms with Crippen LogP contribution >= 0.6 is 11.3 Å². The SMILES string of the molecule is [B]c1ccc(-c2ccnc(Nc3cccc(CNCCC)c3)n2)s1. The topological polar surface area (TPSA) is 49.8 Å². The lowest BCUT2D eigenvalue weighted by Crippen LogP contribution is -2.13. The maximum atomic E-state index is 5.80. The quantitative estimate of drug-likeness (QED) is 0.514. The first-order valence-electron chi connectivity index (χ1n) is 8.00. The van der Waals surface area contributed by atoms with Gasteiger partial charge in [0.2, 0.25) is 5.95 Å². The molecule has 6 heteroatoms. The number of rotatable bonds is 7. The highest BCUT2D eigenvalue weighted by atomic mass is 32.1. The zero-order valence-electron chi connectivity index (χ0n) is 13.6. The third-order valence-electron chi connectivity index (χ3n) is 3.47. The molecule has 0 unspecified atom stereocenters. The molecule has 3 rings (SSSR count). The standard InChI is InChI=1S/C18H19BN4S/c1-2-9-20-12-13-4-3-5-14(11-13)22-18-21-10-8-15(23-18)16-6-7-17(19)24-16/h3-8,10-11,20H,2,9,12H2,1H3,(H,21,22,23). The van der Waals surface area contributed by atoms with Crippen LogP contribution < -0.4 is 15.4 Å². The van der Waals surface area contributed by atoms with E-state index in [4.69, 9.17) is 7.85 Å². The van der Waals surface area contributed by atoms with Crippen LogP contribution in [0.4, 0.5) is 11.6 Å². The van der Waals surface area contributed by atoms with Gasteiger partial charge in [-0.15, -0.1) is 0 Å². The third kappa shape index (κ3) is 4.43. The summed E-state index contributed by atoms with van der Waals surface area (Å²) >= 11 is 1.52. The average molecular weight is 334 g/mol. The summed E-state index contributed by atoms with van der Waals surface area (Å²) in [5, 5.41) is 6.68. The summed E-state index contributed by atoms with van der Waals surface area (Å²) < 4.78 is 0.783. The van der Waals surface area contributed by atoms with E-state index in [9.17, 15) is 0 Å². The second-order valence-electron chi connectivity index (χ2n) is 5.47. The monoisotopic (exact) mass is 334 g/mol. The molecule has 0 saturated heterocycles. The van der Waals surface area contributed by atoms with Crippen LogP contribution in [0.1, 0.15) is 18.9 Å². The first-order chi connectivity index (χ1) is 11.7. The number of nitrogens with zero attached hydrogens (tertiary/aromatic N) is 2. The second kappa shape index (κ2) is 8.08. The molecule has 0 saturated carbocycles. The van der Waals surface area contributed by atoms with E-state index in [-0.39, 0.29) is 0 Å². The summed E-state index contributed by atoms with van der Waals surface area (Å²) in [6.07, 6.45) is 2.89. The van der Waals surface area contributed by atoms with Gasteiger partial charge in [0.1, 0.15) is 7.85 Å². The predicted molar refractivity (Wildman–Crippen MR) is 102 cm³/mol. The first-order valence-corrected chi connectivity index (χ1v) is 8.81. The summed E-state index contributed by atoms with van der Waals surface area (Å²) in [6, 6.07) is 14.0. The molecule has 4 nitrogen and oxygen atoms in total. The number of hydrogen-bond acceptors (Lipinski definition) is 5. The maximum absolute atomic E-state index is 5.80. The third-order valence-corrected chi connectivity index (χ3v) is 4.41. The Morgan fingerprint density at radius 3 is 2.88 bits per heavy atom. The summed E-state index contributed by atoms with van der Waals surface area (Å²) in [5.41, 5.74) is 3.08. The summed E-state index contributed by atoms with van der Waals surface area (Å²) in [6.45, 7) is 4.04. The Labute approximate surface area is 147 Å². The Balaban J connectivity index is 1.73. The highest BCUT2D eigenvalue weighted by Gasteiger charge is 2.05. The fourth-order valence-corrected chi connectivity index (χ4v) is 3.09. The lowest BCUT2D eigenvalue weighted by molar-refractivity contribution is 0.675. The molecule has 2 radical (unpaired) electrons. The van der Waals surface area contributed by atoms with Crippen molar-refractivity contribution in [3.05, 3.63) is 54.2 Å². The highest BCUT2D eigenvalue weighted by molar-refractivity contribution is 7.23. The van der Waals surface area contributed by atoms with Crippen molar-refractivity contribution in [1.82, 2.24) is 15.3 Å². The smallest absolute Gasteiger partial charge is 0.227 e. The van der Waals surface area contributed by atoms with Gasteiger partial charge in [-0.05, 0) is 47.6 Å². The molecule has 0 bridgehead atoms. The van der Waals surface area contributed by atoms with Crippen LogP contribution in [-0.4, -0.2) is 24.4 Å². The van der Waals surface area contributed by atoms with Crippen molar-refractivity contribution < 1.29 is 0 Å². The summed E-state index contributed by atoms with van der Waals surface area (Å²) in [7, 11) is 5.80. The van der Waals surface area contributed by atoms with Crippen molar-refractivity contribution in [1.29, 1.82) is 0 Å². The highest BCUT2D eigenvalue weighted by Crippen LogP contribution is 2.22. The average Bonchev–Trinajstić information content (AvgIpc) is 3.02. The minimum Gasteiger partial charge on any atom is -0.324 e. The van der Waals surface area contributed by atoms with Gasteiger partial charge in [-0.3, -0.25) is 0 Å². The molecule has 0 aliphatic rings. The van der Waals surface area contributed by atoms with E-state index in [0.717, 1.165) is 40.5 Å². The molecule has 120 valence electrons. The number of hydrogen-bond donors (Lipinski definition) is 2. The van der Waals surface area contributed by atoms with Gasteiger partial charge >= 0.3 is 0 Å². The first kappa shape index (κ1) is 16.7. The van der Waals surface area contributed by atoms with E-state index >= 15 is 0 Å². The summed E-state index contributed by atoms with van der Waals surface area (Å²) in [5.74, 6) is 0.582.